The highest BCUT2D eigenvalue weighted by Gasteiger charge is 2.16. The van der Waals surface area contributed by atoms with Crippen molar-refractivity contribution in [1.82, 2.24) is 0 Å². The van der Waals surface area contributed by atoms with Crippen LogP contribution in [0.3, 0.4) is 0 Å². The van der Waals surface area contributed by atoms with Crippen molar-refractivity contribution in [3.63, 3.8) is 0 Å². The van der Waals surface area contributed by atoms with Gasteiger partial charge in [-0.2, -0.15) is 0 Å². The van der Waals surface area contributed by atoms with Gasteiger partial charge in [-0.1, -0.05) is 29.8 Å². The van der Waals surface area contributed by atoms with Crippen LogP contribution in [0, 0.1) is 13.8 Å². The fourth-order valence-electron chi connectivity index (χ4n) is 2.61. The van der Waals surface area contributed by atoms with Crippen LogP contribution in [-0.4, -0.2) is 11.8 Å². The maximum atomic E-state index is 12.6. The fraction of sp³-hybridized carbons (Fsp3) is 0.143. The van der Waals surface area contributed by atoms with E-state index in [1.54, 1.807) is 37.3 Å². The van der Waals surface area contributed by atoms with Gasteiger partial charge in [0.2, 0.25) is 5.91 Å². The molecule has 1 aromatic heterocycles. The van der Waals surface area contributed by atoms with Crippen molar-refractivity contribution in [2.75, 3.05) is 10.6 Å². The summed E-state index contributed by atoms with van der Waals surface area (Å²) in [6.07, 6.45) is 0. The maximum absolute atomic E-state index is 12.6. The minimum Gasteiger partial charge on any atom is -0.461 e. The summed E-state index contributed by atoms with van der Waals surface area (Å²) < 4.78 is 5.75. The molecular formula is C21H20N2O3. The molecule has 2 amide bonds. The third-order valence-corrected chi connectivity index (χ3v) is 3.96. The van der Waals surface area contributed by atoms with Crippen molar-refractivity contribution in [2.45, 2.75) is 20.8 Å². The number of amides is 2. The topological polar surface area (TPSA) is 71.3 Å². The van der Waals surface area contributed by atoms with Crippen molar-refractivity contribution in [3.8, 4) is 11.3 Å². The first kappa shape index (κ1) is 17.5. The number of carbonyl (C=O) groups is 2. The highest BCUT2D eigenvalue weighted by molar-refractivity contribution is 6.05. The molecule has 0 bridgehead atoms. The standard InChI is InChI=1S/C21H20N2O3/c1-13-4-6-16(7-5-13)20-12-19(14(2)26-20)21(25)23-18-10-8-17(9-11-18)22-15(3)24/h4-12H,1-3H3,(H,22,24)(H,23,25). The lowest BCUT2D eigenvalue weighted by Crippen LogP contribution is -2.12. The Bertz CT molecular complexity index is 938. The Kier molecular flexibility index (Phi) is 4.89. The molecule has 0 atom stereocenters. The zero-order chi connectivity index (χ0) is 18.7. The smallest absolute Gasteiger partial charge is 0.259 e. The summed E-state index contributed by atoms with van der Waals surface area (Å²) in [5.41, 5.74) is 3.90. The van der Waals surface area contributed by atoms with E-state index in [2.05, 4.69) is 10.6 Å². The molecular weight excluding hydrogens is 328 g/mol. The van der Waals surface area contributed by atoms with E-state index in [1.165, 1.54) is 6.92 Å². The molecule has 26 heavy (non-hydrogen) atoms. The molecule has 0 aliphatic heterocycles. The van der Waals surface area contributed by atoms with Gasteiger partial charge in [-0.3, -0.25) is 9.59 Å². The van der Waals surface area contributed by atoms with Crippen molar-refractivity contribution < 1.29 is 14.0 Å². The summed E-state index contributed by atoms with van der Waals surface area (Å²) in [7, 11) is 0. The average Bonchev–Trinajstić information content (AvgIpc) is 2.99. The zero-order valence-corrected chi connectivity index (χ0v) is 14.9. The Morgan fingerprint density at radius 2 is 1.42 bits per heavy atom. The van der Waals surface area contributed by atoms with E-state index in [-0.39, 0.29) is 11.8 Å². The first-order valence-corrected chi connectivity index (χ1v) is 8.29. The number of aryl methyl sites for hydroxylation is 2. The van der Waals surface area contributed by atoms with Gasteiger partial charge in [0, 0.05) is 23.9 Å². The summed E-state index contributed by atoms with van der Waals surface area (Å²) in [5, 5.41) is 5.53. The first-order valence-electron chi connectivity index (χ1n) is 8.29. The lowest BCUT2D eigenvalue weighted by atomic mass is 10.1. The van der Waals surface area contributed by atoms with Gasteiger partial charge in [-0.25, -0.2) is 0 Å². The summed E-state index contributed by atoms with van der Waals surface area (Å²) in [4.78, 5) is 23.6. The monoisotopic (exact) mass is 348 g/mol. The summed E-state index contributed by atoms with van der Waals surface area (Å²) >= 11 is 0. The second kappa shape index (κ2) is 7.27. The summed E-state index contributed by atoms with van der Waals surface area (Å²) in [6.45, 7) is 5.24. The lowest BCUT2D eigenvalue weighted by molar-refractivity contribution is -0.114. The highest BCUT2D eigenvalue weighted by atomic mass is 16.3. The molecule has 5 nitrogen and oxygen atoms in total. The van der Waals surface area contributed by atoms with Gasteiger partial charge in [-0.05, 0) is 44.2 Å². The quantitative estimate of drug-likeness (QED) is 0.713. The fourth-order valence-corrected chi connectivity index (χ4v) is 2.61. The molecule has 0 aliphatic carbocycles. The number of nitrogens with one attached hydrogen (secondary N) is 2. The molecule has 0 unspecified atom stereocenters. The van der Waals surface area contributed by atoms with Crippen molar-refractivity contribution in [3.05, 3.63) is 71.5 Å². The van der Waals surface area contributed by atoms with E-state index >= 15 is 0 Å². The van der Waals surface area contributed by atoms with Crippen LogP contribution >= 0.6 is 0 Å². The number of anilines is 2. The SMILES string of the molecule is CC(=O)Nc1ccc(NC(=O)c2cc(-c3ccc(C)cc3)oc2C)cc1. The number of rotatable bonds is 4. The molecule has 3 rings (SSSR count). The van der Waals surface area contributed by atoms with Crippen LogP contribution in [-0.2, 0) is 4.79 Å². The van der Waals surface area contributed by atoms with Gasteiger partial charge in [0.05, 0.1) is 5.56 Å². The molecule has 0 fully saturated rings. The molecule has 1 heterocycles. The summed E-state index contributed by atoms with van der Waals surface area (Å²) in [6, 6.07) is 16.6. The second-order valence-corrected chi connectivity index (χ2v) is 6.16. The van der Waals surface area contributed by atoms with Crippen molar-refractivity contribution >= 4 is 23.2 Å². The molecule has 2 N–H and O–H groups in total. The van der Waals surface area contributed by atoms with E-state index in [4.69, 9.17) is 4.42 Å². The van der Waals surface area contributed by atoms with E-state index < -0.39 is 0 Å². The average molecular weight is 348 g/mol. The first-order chi connectivity index (χ1) is 12.4. The van der Waals surface area contributed by atoms with E-state index in [9.17, 15) is 9.59 Å². The van der Waals surface area contributed by atoms with Crippen LogP contribution < -0.4 is 10.6 Å². The number of hydrogen-bond donors (Lipinski definition) is 2. The van der Waals surface area contributed by atoms with Gasteiger partial charge >= 0.3 is 0 Å². The predicted octanol–water partition coefficient (Wildman–Crippen LogP) is 4.77. The number of carbonyl (C=O) groups excluding carboxylic acids is 2. The predicted molar refractivity (Wildman–Crippen MR) is 102 cm³/mol. The van der Waals surface area contributed by atoms with Gasteiger partial charge in [0.1, 0.15) is 11.5 Å². The van der Waals surface area contributed by atoms with Crippen LogP contribution in [0.4, 0.5) is 11.4 Å². The highest BCUT2D eigenvalue weighted by Crippen LogP contribution is 2.26. The Hall–Kier alpha value is -3.34. The van der Waals surface area contributed by atoms with Crippen LogP contribution in [0.15, 0.2) is 59.0 Å². The molecule has 0 saturated carbocycles. The van der Waals surface area contributed by atoms with Gasteiger partial charge in [-0.15, -0.1) is 0 Å². The third kappa shape index (κ3) is 4.00. The lowest BCUT2D eigenvalue weighted by Gasteiger charge is -2.06. The Morgan fingerprint density at radius 3 is 2.00 bits per heavy atom. The Labute approximate surface area is 152 Å². The van der Waals surface area contributed by atoms with E-state index in [0.717, 1.165) is 11.1 Å². The minimum atomic E-state index is -0.239. The molecule has 5 heteroatoms. The molecule has 2 aromatic carbocycles. The van der Waals surface area contributed by atoms with E-state index in [0.29, 0.717) is 28.5 Å². The molecule has 0 spiro atoms. The van der Waals surface area contributed by atoms with Crippen LogP contribution in [0.25, 0.3) is 11.3 Å². The third-order valence-electron chi connectivity index (χ3n) is 3.96. The van der Waals surface area contributed by atoms with Gasteiger partial charge < -0.3 is 15.1 Å². The second-order valence-electron chi connectivity index (χ2n) is 6.16. The van der Waals surface area contributed by atoms with E-state index in [1.807, 2.05) is 31.2 Å². The molecule has 0 saturated heterocycles. The molecule has 0 aliphatic rings. The van der Waals surface area contributed by atoms with Crippen molar-refractivity contribution in [2.24, 2.45) is 0 Å². The maximum Gasteiger partial charge on any atom is 0.259 e. The van der Waals surface area contributed by atoms with Crippen LogP contribution in [0.1, 0.15) is 28.6 Å². The van der Waals surface area contributed by atoms with Crippen molar-refractivity contribution in [1.29, 1.82) is 0 Å². The minimum absolute atomic E-state index is 0.139. The number of hydrogen-bond acceptors (Lipinski definition) is 3. The normalized spacial score (nSPS) is 10.4. The zero-order valence-electron chi connectivity index (χ0n) is 14.9. The molecule has 132 valence electrons. The number of benzene rings is 2. The number of furan rings is 1. The summed E-state index contributed by atoms with van der Waals surface area (Å²) in [5.74, 6) is 0.845. The Balaban J connectivity index is 1.75. The van der Waals surface area contributed by atoms with Crippen LogP contribution in [0.2, 0.25) is 0 Å². The largest absolute Gasteiger partial charge is 0.461 e. The van der Waals surface area contributed by atoms with Gasteiger partial charge in [0.25, 0.3) is 5.91 Å². The molecule has 0 radical (unpaired) electrons. The Morgan fingerprint density at radius 1 is 0.846 bits per heavy atom. The molecule has 3 aromatic rings. The van der Waals surface area contributed by atoms with Crippen LogP contribution in [0.5, 0.6) is 0 Å². The van der Waals surface area contributed by atoms with Gasteiger partial charge in [0.15, 0.2) is 0 Å².